The molecule has 2 unspecified atom stereocenters. The third-order valence-electron chi connectivity index (χ3n) is 2.83. The molecule has 0 aliphatic carbocycles. The molecule has 0 spiro atoms. The number of amides is 1. The Hall–Kier alpha value is -1.99. The van der Waals surface area contributed by atoms with Crippen LogP contribution in [0.25, 0.3) is 0 Å². The molecule has 0 fully saturated rings. The maximum atomic E-state index is 10.6. The van der Waals surface area contributed by atoms with Crippen LogP contribution in [0.5, 0.6) is 11.5 Å². The van der Waals surface area contributed by atoms with Crippen LogP contribution in [-0.2, 0) is 4.74 Å². The third-order valence-corrected chi connectivity index (χ3v) is 2.83. The van der Waals surface area contributed by atoms with Gasteiger partial charge < -0.3 is 30.4 Å². The van der Waals surface area contributed by atoms with Gasteiger partial charge in [0.25, 0.3) is 0 Å². The molecule has 7 heteroatoms. The fraction of sp³-hybridized carbons (Fsp3) is 0.562. The molecule has 1 rings (SSSR count). The highest BCUT2D eigenvalue weighted by molar-refractivity contribution is 5.64. The normalized spacial score (nSPS) is 13.4. The van der Waals surface area contributed by atoms with Crippen LogP contribution >= 0.6 is 0 Å². The number of aliphatic hydroxyl groups excluding tert-OH is 1. The number of nitrogens with one attached hydrogen (secondary N) is 1. The van der Waals surface area contributed by atoms with Gasteiger partial charge in [0.05, 0.1) is 0 Å². The summed E-state index contributed by atoms with van der Waals surface area (Å²) in [5.74, 6) is 1.27. The number of rotatable bonds is 10. The minimum Gasteiger partial charge on any atom is -0.491 e. The summed E-state index contributed by atoms with van der Waals surface area (Å²) in [5.41, 5.74) is 4.92. The molecule has 2 atom stereocenters. The molecule has 4 N–H and O–H groups in total. The highest BCUT2D eigenvalue weighted by atomic mass is 16.6. The Kier molecular flexibility index (Phi) is 8.21. The number of ether oxygens (including phenoxy) is 3. The summed E-state index contributed by atoms with van der Waals surface area (Å²) >= 11 is 0. The van der Waals surface area contributed by atoms with Gasteiger partial charge in [-0.1, -0.05) is 13.8 Å². The van der Waals surface area contributed by atoms with Crippen LogP contribution in [0.1, 0.15) is 20.8 Å². The first-order valence-corrected chi connectivity index (χ1v) is 7.60. The molecule has 130 valence electrons. The molecule has 0 aliphatic heterocycles. The quantitative estimate of drug-likeness (QED) is 0.598. The summed E-state index contributed by atoms with van der Waals surface area (Å²) in [7, 11) is 0. The van der Waals surface area contributed by atoms with Crippen molar-refractivity contribution in [2.75, 3.05) is 19.8 Å². The van der Waals surface area contributed by atoms with E-state index in [0.717, 1.165) is 0 Å². The van der Waals surface area contributed by atoms with Crippen molar-refractivity contribution in [2.45, 2.75) is 39.0 Å². The molecule has 0 saturated carbocycles. The Bertz CT molecular complexity index is 464. The number of nitrogens with two attached hydrogens (primary N) is 1. The number of hydrogen-bond acceptors (Lipinski definition) is 6. The minimum absolute atomic E-state index is 0.211. The van der Waals surface area contributed by atoms with Crippen molar-refractivity contribution in [1.82, 2.24) is 5.32 Å². The fourth-order valence-corrected chi connectivity index (χ4v) is 1.70. The molecule has 0 heterocycles. The Labute approximate surface area is 136 Å². The zero-order valence-electron chi connectivity index (χ0n) is 13.8. The van der Waals surface area contributed by atoms with E-state index in [1.165, 1.54) is 0 Å². The summed E-state index contributed by atoms with van der Waals surface area (Å²) < 4.78 is 15.7. The van der Waals surface area contributed by atoms with Crippen molar-refractivity contribution < 1.29 is 24.1 Å². The Morgan fingerprint density at radius 3 is 2.13 bits per heavy atom. The number of hydrogen-bond donors (Lipinski definition) is 3. The predicted octanol–water partition coefficient (Wildman–Crippen LogP) is 1.29. The minimum atomic E-state index is -0.824. The maximum Gasteiger partial charge on any atom is 0.404 e. The summed E-state index contributed by atoms with van der Waals surface area (Å²) in [6.07, 6.45) is -1.82. The predicted molar refractivity (Wildman–Crippen MR) is 86.7 cm³/mol. The van der Waals surface area contributed by atoms with E-state index in [0.29, 0.717) is 24.1 Å². The molecule has 23 heavy (non-hydrogen) atoms. The summed E-state index contributed by atoms with van der Waals surface area (Å²) in [6.45, 7) is 6.63. The molecule has 1 aromatic carbocycles. The van der Waals surface area contributed by atoms with Gasteiger partial charge in [-0.2, -0.15) is 0 Å². The second kappa shape index (κ2) is 9.91. The van der Waals surface area contributed by atoms with Gasteiger partial charge >= 0.3 is 6.09 Å². The topological polar surface area (TPSA) is 103 Å². The van der Waals surface area contributed by atoms with E-state index >= 15 is 0 Å². The highest BCUT2D eigenvalue weighted by Crippen LogP contribution is 2.18. The van der Waals surface area contributed by atoms with E-state index in [-0.39, 0.29) is 13.2 Å². The van der Waals surface area contributed by atoms with Crippen molar-refractivity contribution in [3.63, 3.8) is 0 Å². The average molecular weight is 326 g/mol. The van der Waals surface area contributed by atoms with Crippen LogP contribution in [-0.4, -0.2) is 49.2 Å². The number of carbonyl (C=O) groups is 1. The molecular formula is C16H26N2O5. The van der Waals surface area contributed by atoms with Gasteiger partial charge in [0.15, 0.2) is 0 Å². The number of carbonyl (C=O) groups excluding carboxylic acids is 1. The SMILES string of the molecule is CC(C)NCC(O)COc1ccc(OCC(C)OC(N)=O)cc1. The Balaban J connectivity index is 2.31. The van der Waals surface area contributed by atoms with E-state index in [1.54, 1.807) is 31.2 Å². The fourth-order valence-electron chi connectivity index (χ4n) is 1.70. The second-order valence-corrected chi connectivity index (χ2v) is 5.56. The van der Waals surface area contributed by atoms with Crippen LogP contribution in [0.3, 0.4) is 0 Å². The molecule has 0 saturated heterocycles. The van der Waals surface area contributed by atoms with Crippen LogP contribution in [0.4, 0.5) is 4.79 Å². The smallest absolute Gasteiger partial charge is 0.404 e. The molecule has 1 aromatic rings. The van der Waals surface area contributed by atoms with Crippen molar-refractivity contribution in [1.29, 1.82) is 0 Å². The average Bonchev–Trinajstić information content (AvgIpc) is 2.49. The third kappa shape index (κ3) is 8.90. The van der Waals surface area contributed by atoms with Crippen molar-refractivity contribution in [2.24, 2.45) is 5.73 Å². The Morgan fingerprint density at radius 2 is 1.65 bits per heavy atom. The largest absolute Gasteiger partial charge is 0.491 e. The zero-order valence-corrected chi connectivity index (χ0v) is 13.8. The number of primary amides is 1. The molecule has 0 aromatic heterocycles. The van der Waals surface area contributed by atoms with E-state index in [4.69, 9.17) is 19.9 Å². The summed E-state index contributed by atoms with van der Waals surface area (Å²) in [4.78, 5) is 10.6. The Morgan fingerprint density at radius 1 is 1.13 bits per heavy atom. The van der Waals surface area contributed by atoms with Crippen molar-refractivity contribution in [3.8, 4) is 11.5 Å². The first-order chi connectivity index (χ1) is 10.9. The van der Waals surface area contributed by atoms with Crippen LogP contribution < -0.4 is 20.5 Å². The van der Waals surface area contributed by atoms with Gasteiger partial charge in [-0.05, 0) is 31.2 Å². The summed E-state index contributed by atoms with van der Waals surface area (Å²) in [6, 6.07) is 7.30. The van der Waals surface area contributed by atoms with Gasteiger partial charge in [0.2, 0.25) is 0 Å². The van der Waals surface area contributed by atoms with Crippen LogP contribution in [0, 0.1) is 0 Å². The lowest BCUT2D eigenvalue weighted by molar-refractivity contribution is 0.0822. The second-order valence-electron chi connectivity index (χ2n) is 5.56. The monoisotopic (exact) mass is 326 g/mol. The molecule has 7 nitrogen and oxygen atoms in total. The van der Waals surface area contributed by atoms with E-state index < -0.39 is 18.3 Å². The van der Waals surface area contributed by atoms with E-state index in [1.807, 2.05) is 13.8 Å². The van der Waals surface area contributed by atoms with Crippen LogP contribution in [0.2, 0.25) is 0 Å². The van der Waals surface area contributed by atoms with E-state index in [9.17, 15) is 9.90 Å². The highest BCUT2D eigenvalue weighted by Gasteiger charge is 2.08. The van der Waals surface area contributed by atoms with E-state index in [2.05, 4.69) is 5.32 Å². The molecule has 0 aliphatic rings. The first-order valence-electron chi connectivity index (χ1n) is 7.60. The van der Waals surface area contributed by atoms with Gasteiger partial charge in [0, 0.05) is 12.6 Å². The van der Waals surface area contributed by atoms with Gasteiger partial charge in [-0.25, -0.2) is 4.79 Å². The number of benzene rings is 1. The zero-order chi connectivity index (χ0) is 17.2. The lowest BCUT2D eigenvalue weighted by Crippen LogP contribution is -2.35. The van der Waals surface area contributed by atoms with Crippen LogP contribution in [0.15, 0.2) is 24.3 Å². The van der Waals surface area contributed by atoms with Crippen molar-refractivity contribution >= 4 is 6.09 Å². The lowest BCUT2D eigenvalue weighted by Gasteiger charge is -2.15. The molecular weight excluding hydrogens is 300 g/mol. The molecule has 0 bridgehead atoms. The van der Waals surface area contributed by atoms with Gasteiger partial charge in [-0.3, -0.25) is 0 Å². The number of aliphatic hydroxyl groups is 1. The first kappa shape index (κ1) is 19.1. The standard InChI is InChI=1S/C16H26N2O5/c1-11(2)18-8-13(19)10-22-15-6-4-14(5-7-15)21-9-12(3)23-16(17)20/h4-7,11-13,18-19H,8-10H2,1-3H3,(H2,17,20). The van der Waals surface area contributed by atoms with Crippen molar-refractivity contribution in [3.05, 3.63) is 24.3 Å². The molecule has 0 radical (unpaired) electrons. The lowest BCUT2D eigenvalue weighted by atomic mass is 10.3. The van der Waals surface area contributed by atoms with Gasteiger partial charge in [0.1, 0.15) is 36.9 Å². The van der Waals surface area contributed by atoms with Gasteiger partial charge in [-0.15, -0.1) is 0 Å². The molecule has 1 amide bonds. The summed E-state index contributed by atoms with van der Waals surface area (Å²) in [5, 5.41) is 12.9. The maximum absolute atomic E-state index is 10.6.